The van der Waals surface area contributed by atoms with Crippen LogP contribution in [0.2, 0.25) is 0 Å². The predicted octanol–water partition coefficient (Wildman–Crippen LogP) is 2.56. The molecule has 2 aromatic carbocycles. The first-order valence-corrected chi connectivity index (χ1v) is 10.3. The maximum Gasteiger partial charge on any atom is 0.246 e. The molecule has 2 atom stereocenters. The van der Waals surface area contributed by atoms with Crippen LogP contribution in [0.1, 0.15) is 29.5 Å². The number of nitrogens with zero attached hydrogens (tertiary/aromatic N) is 1. The Bertz CT molecular complexity index is 865. The maximum atomic E-state index is 12.7. The molecule has 2 heterocycles. The van der Waals surface area contributed by atoms with Gasteiger partial charge in [0.05, 0.1) is 6.04 Å². The minimum Gasteiger partial charge on any atom is -0.349 e. The minimum absolute atomic E-state index is 0.0121. The molecule has 1 fully saturated rings. The Morgan fingerprint density at radius 2 is 1.72 bits per heavy atom. The van der Waals surface area contributed by atoms with Gasteiger partial charge in [0.25, 0.3) is 0 Å². The van der Waals surface area contributed by atoms with E-state index in [1.54, 1.807) is 6.08 Å². The number of carbonyl (C=O) groups excluding carboxylic acids is 2. The number of amides is 2. The third-order valence-corrected chi connectivity index (χ3v) is 5.68. The summed E-state index contributed by atoms with van der Waals surface area (Å²) in [6.45, 7) is 2.18. The highest BCUT2D eigenvalue weighted by Gasteiger charge is 2.26. The lowest BCUT2D eigenvalue weighted by Gasteiger charge is -2.28. The predicted molar refractivity (Wildman–Crippen MR) is 113 cm³/mol. The number of hydrogen-bond acceptors (Lipinski definition) is 3. The van der Waals surface area contributed by atoms with Gasteiger partial charge in [0.15, 0.2) is 0 Å². The van der Waals surface area contributed by atoms with Gasteiger partial charge >= 0.3 is 0 Å². The quantitative estimate of drug-likeness (QED) is 0.716. The summed E-state index contributed by atoms with van der Waals surface area (Å²) in [5.41, 5.74) is 3.64. The van der Waals surface area contributed by atoms with Crippen LogP contribution in [-0.4, -0.2) is 35.3 Å². The SMILES string of the molecule is O=C(N[C@H](/C=C/C(=O)N1Cc2ccccc2C1)CCc1ccccc1)C1CCN1. The van der Waals surface area contributed by atoms with Gasteiger partial charge in [-0.1, -0.05) is 60.7 Å². The Morgan fingerprint density at radius 3 is 2.34 bits per heavy atom. The third-order valence-electron chi connectivity index (χ3n) is 5.68. The van der Waals surface area contributed by atoms with Crippen molar-refractivity contribution >= 4 is 11.8 Å². The number of rotatable bonds is 7. The van der Waals surface area contributed by atoms with E-state index in [2.05, 4.69) is 34.9 Å². The van der Waals surface area contributed by atoms with Crippen LogP contribution < -0.4 is 10.6 Å². The van der Waals surface area contributed by atoms with Crippen molar-refractivity contribution in [1.82, 2.24) is 15.5 Å². The molecule has 0 aromatic heterocycles. The fraction of sp³-hybridized carbons (Fsp3) is 0.333. The van der Waals surface area contributed by atoms with E-state index in [1.165, 1.54) is 16.7 Å². The van der Waals surface area contributed by atoms with Crippen LogP contribution in [0.4, 0.5) is 0 Å². The number of hydrogen-bond donors (Lipinski definition) is 2. The lowest BCUT2D eigenvalue weighted by molar-refractivity contribution is -0.127. The zero-order chi connectivity index (χ0) is 20.1. The topological polar surface area (TPSA) is 61.4 Å². The van der Waals surface area contributed by atoms with Gasteiger partial charge in [-0.15, -0.1) is 0 Å². The molecule has 2 amide bonds. The van der Waals surface area contributed by atoms with Crippen molar-refractivity contribution in [3.05, 3.63) is 83.4 Å². The molecule has 0 radical (unpaired) electrons. The summed E-state index contributed by atoms with van der Waals surface area (Å²) in [5, 5.41) is 6.23. The molecule has 5 nitrogen and oxygen atoms in total. The second-order valence-electron chi connectivity index (χ2n) is 7.76. The second-order valence-corrected chi connectivity index (χ2v) is 7.76. The van der Waals surface area contributed by atoms with Crippen LogP contribution in [0, 0.1) is 0 Å². The lowest BCUT2D eigenvalue weighted by Crippen LogP contribution is -2.54. The highest BCUT2D eigenvalue weighted by Crippen LogP contribution is 2.22. The van der Waals surface area contributed by atoms with Crippen molar-refractivity contribution in [3.63, 3.8) is 0 Å². The summed E-state index contributed by atoms with van der Waals surface area (Å²) in [6, 6.07) is 18.1. The summed E-state index contributed by atoms with van der Waals surface area (Å²) in [5.74, 6) is 0.00178. The number of carbonyl (C=O) groups is 2. The maximum absolute atomic E-state index is 12.7. The Labute approximate surface area is 171 Å². The second kappa shape index (κ2) is 9.05. The van der Waals surface area contributed by atoms with Gasteiger partial charge in [0.2, 0.25) is 11.8 Å². The van der Waals surface area contributed by atoms with Gasteiger partial charge < -0.3 is 15.5 Å². The molecule has 1 unspecified atom stereocenters. The van der Waals surface area contributed by atoms with Gasteiger partial charge in [-0.2, -0.15) is 0 Å². The molecular weight excluding hydrogens is 362 g/mol. The number of aryl methyl sites for hydroxylation is 1. The first kappa shape index (κ1) is 19.4. The van der Waals surface area contributed by atoms with Crippen LogP contribution >= 0.6 is 0 Å². The van der Waals surface area contributed by atoms with Crippen molar-refractivity contribution in [2.75, 3.05) is 6.54 Å². The van der Waals surface area contributed by atoms with E-state index >= 15 is 0 Å². The molecule has 2 N–H and O–H groups in total. The summed E-state index contributed by atoms with van der Waals surface area (Å²) in [7, 11) is 0. The molecule has 0 aliphatic carbocycles. The molecule has 0 bridgehead atoms. The number of nitrogens with one attached hydrogen (secondary N) is 2. The Hall–Kier alpha value is -2.92. The zero-order valence-electron chi connectivity index (χ0n) is 16.5. The summed E-state index contributed by atoms with van der Waals surface area (Å²) in [6.07, 6.45) is 5.94. The molecule has 2 aromatic rings. The standard InChI is InChI=1S/C24H27N3O2/c28-23(27-16-19-8-4-5-9-20(19)17-27)13-12-21(26-24(29)22-14-15-25-22)11-10-18-6-2-1-3-7-18/h1-9,12-13,21-22,25H,10-11,14-17H2,(H,26,29)/b13-12+/t21-,22?/m0/s1. The first-order chi connectivity index (χ1) is 14.2. The van der Waals surface area contributed by atoms with Gasteiger partial charge in [-0.25, -0.2) is 0 Å². The summed E-state index contributed by atoms with van der Waals surface area (Å²) in [4.78, 5) is 26.9. The van der Waals surface area contributed by atoms with Crippen molar-refractivity contribution in [2.24, 2.45) is 0 Å². The highest BCUT2D eigenvalue weighted by molar-refractivity contribution is 5.88. The van der Waals surface area contributed by atoms with Gasteiger partial charge in [-0.05, 0) is 42.5 Å². The average Bonchev–Trinajstić information content (AvgIpc) is 3.13. The van der Waals surface area contributed by atoms with Gasteiger partial charge in [0.1, 0.15) is 0 Å². The van der Waals surface area contributed by atoms with Crippen LogP contribution in [0.3, 0.4) is 0 Å². The van der Waals surface area contributed by atoms with E-state index in [9.17, 15) is 9.59 Å². The molecule has 2 aliphatic rings. The van der Waals surface area contributed by atoms with E-state index < -0.39 is 0 Å². The lowest BCUT2D eigenvalue weighted by atomic mass is 10.0. The van der Waals surface area contributed by atoms with Crippen molar-refractivity contribution in [3.8, 4) is 0 Å². The molecule has 0 saturated carbocycles. The van der Waals surface area contributed by atoms with Crippen LogP contribution in [-0.2, 0) is 29.1 Å². The largest absolute Gasteiger partial charge is 0.349 e. The van der Waals surface area contributed by atoms with Gasteiger partial charge in [0, 0.05) is 25.2 Å². The summed E-state index contributed by atoms with van der Waals surface area (Å²) >= 11 is 0. The smallest absolute Gasteiger partial charge is 0.246 e. The molecular formula is C24H27N3O2. The molecule has 2 aliphatic heterocycles. The third kappa shape index (κ3) is 4.93. The molecule has 150 valence electrons. The van der Waals surface area contributed by atoms with E-state index in [-0.39, 0.29) is 23.9 Å². The fourth-order valence-corrected chi connectivity index (χ4v) is 3.77. The Morgan fingerprint density at radius 1 is 1.07 bits per heavy atom. The van der Waals surface area contributed by atoms with E-state index in [1.807, 2.05) is 41.3 Å². The zero-order valence-corrected chi connectivity index (χ0v) is 16.5. The van der Waals surface area contributed by atoms with E-state index in [4.69, 9.17) is 0 Å². The molecule has 4 rings (SSSR count). The molecule has 5 heteroatoms. The Kier molecular flexibility index (Phi) is 6.06. The molecule has 1 saturated heterocycles. The van der Waals surface area contributed by atoms with E-state index in [0.29, 0.717) is 13.1 Å². The van der Waals surface area contributed by atoms with Gasteiger partial charge in [-0.3, -0.25) is 9.59 Å². The Balaban J connectivity index is 1.38. The fourth-order valence-electron chi connectivity index (χ4n) is 3.77. The number of benzene rings is 2. The van der Waals surface area contributed by atoms with E-state index in [0.717, 1.165) is 25.8 Å². The molecule has 29 heavy (non-hydrogen) atoms. The van der Waals surface area contributed by atoms with Crippen LogP contribution in [0.5, 0.6) is 0 Å². The summed E-state index contributed by atoms with van der Waals surface area (Å²) < 4.78 is 0. The van der Waals surface area contributed by atoms with Crippen molar-refractivity contribution in [2.45, 2.75) is 44.4 Å². The highest BCUT2D eigenvalue weighted by atomic mass is 16.2. The van der Waals surface area contributed by atoms with Crippen molar-refractivity contribution < 1.29 is 9.59 Å². The monoisotopic (exact) mass is 389 g/mol. The number of fused-ring (bicyclic) bond motifs is 1. The average molecular weight is 389 g/mol. The minimum atomic E-state index is -0.168. The molecule has 0 spiro atoms. The van der Waals surface area contributed by atoms with Crippen LogP contribution in [0.15, 0.2) is 66.7 Å². The van der Waals surface area contributed by atoms with Crippen LogP contribution in [0.25, 0.3) is 0 Å². The van der Waals surface area contributed by atoms with Crippen molar-refractivity contribution in [1.29, 1.82) is 0 Å². The normalized spacial score (nSPS) is 18.9. The first-order valence-electron chi connectivity index (χ1n) is 10.3.